The average Bonchev–Trinajstić information content (AvgIpc) is 2.28. The molecule has 1 nitrogen and oxygen atoms in total. The summed E-state index contributed by atoms with van der Waals surface area (Å²) < 4.78 is 26.7. The Hall–Kier alpha value is -0.670. The molecule has 0 saturated heterocycles. The van der Waals surface area contributed by atoms with E-state index in [4.69, 9.17) is 11.6 Å². The first-order valence-corrected chi connectivity index (χ1v) is 6.23. The molecule has 0 fully saturated rings. The number of rotatable bonds is 6. The molecule has 1 rings (SSSR count). The molecule has 96 valence electrons. The third kappa shape index (κ3) is 4.25. The summed E-state index contributed by atoms with van der Waals surface area (Å²) >= 11 is 5.56. The zero-order chi connectivity index (χ0) is 12.9. The van der Waals surface area contributed by atoms with Gasteiger partial charge in [-0.25, -0.2) is 8.78 Å². The molecule has 0 bridgehead atoms. The molecule has 0 heterocycles. The topological polar surface area (TPSA) is 12.0 Å². The predicted octanol–water partition coefficient (Wildman–Crippen LogP) is 3.46. The van der Waals surface area contributed by atoms with Gasteiger partial charge in [-0.05, 0) is 36.7 Å². The van der Waals surface area contributed by atoms with Crippen molar-refractivity contribution in [2.75, 3.05) is 19.0 Å². The van der Waals surface area contributed by atoms with Crippen LogP contribution in [0.3, 0.4) is 0 Å². The van der Waals surface area contributed by atoms with Crippen LogP contribution in [0.15, 0.2) is 18.2 Å². The van der Waals surface area contributed by atoms with E-state index in [0.717, 1.165) is 19.0 Å². The smallest absolute Gasteiger partial charge is 0.127 e. The molecule has 1 aromatic rings. The third-order valence-electron chi connectivity index (χ3n) is 2.71. The monoisotopic (exact) mass is 261 g/mol. The summed E-state index contributed by atoms with van der Waals surface area (Å²) in [5.74, 6) is -0.173. The highest BCUT2D eigenvalue weighted by molar-refractivity contribution is 6.17. The lowest BCUT2D eigenvalue weighted by atomic mass is 9.84. The first-order chi connectivity index (χ1) is 7.97. The van der Waals surface area contributed by atoms with Gasteiger partial charge in [-0.1, -0.05) is 13.8 Å². The summed E-state index contributed by atoms with van der Waals surface area (Å²) in [6, 6.07) is 3.57. The lowest BCUT2D eigenvalue weighted by molar-refractivity contribution is 0.441. The van der Waals surface area contributed by atoms with Gasteiger partial charge in [-0.2, -0.15) is 0 Å². The molecule has 0 aliphatic heterocycles. The highest BCUT2D eigenvalue weighted by Crippen LogP contribution is 2.25. The highest BCUT2D eigenvalue weighted by atomic mass is 35.5. The first kappa shape index (κ1) is 14.4. The Labute approximate surface area is 106 Å². The van der Waals surface area contributed by atoms with Gasteiger partial charge in [0.25, 0.3) is 0 Å². The second-order valence-electron chi connectivity index (χ2n) is 4.73. The summed E-state index contributed by atoms with van der Waals surface area (Å²) in [6.07, 6.45) is 0.864. The van der Waals surface area contributed by atoms with Crippen molar-refractivity contribution in [2.45, 2.75) is 25.7 Å². The number of nitrogens with one attached hydrogen (secondary N) is 1. The van der Waals surface area contributed by atoms with E-state index in [-0.39, 0.29) is 5.82 Å². The number of halogens is 3. The second-order valence-corrected chi connectivity index (χ2v) is 5.11. The van der Waals surface area contributed by atoms with E-state index >= 15 is 0 Å². The number of hydrogen-bond acceptors (Lipinski definition) is 1. The summed E-state index contributed by atoms with van der Waals surface area (Å²) in [5.41, 5.74) is -0.0470. The van der Waals surface area contributed by atoms with Gasteiger partial charge in [-0.3, -0.25) is 0 Å². The molecule has 0 spiro atoms. The van der Waals surface area contributed by atoms with Crippen molar-refractivity contribution in [1.29, 1.82) is 0 Å². The fourth-order valence-corrected chi connectivity index (χ4v) is 1.84. The highest BCUT2D eigenvalue weighted by Gasteiger charge is 2.24. The van der Waals surface area contributed by atoms with E-state index in [1.165, 1.54) is 12.1 Å². The molecule has 0 atom stereocenters. The standard InChI is InChI=1S/C13H18ClF2N/c1-13(2,9-17-7-3-6-14)11-8-10(15)4-5-12(11)16/h4-5,8,17H,3,6-7,9H2,1-2H3. The van der Waals surface area contributed by atoms with Crippen molar-refractivity contribution < 1.29 is 8.78 Å². The third-order valence-corrected chi connectivity index (χ3v) is 2.98. The van der Waals surface area contributed by atoms with Gasteiger partial charge in [0, 0.05) is 17.8 Å². The minimum atomic E-state index is -0.446. The Bertz CT molecular complexity index is 366. The van der Waals surface area contributed by atoms with E-state index in [2.05, 4.69) is 5.32 Å². The zero-order valence-electron chi connectivity index (χ0n) is 10.2. The largest absolute Gasteiger partial charge is 0.316 e. The molecule has 0 radical (unpaired) electrons. The van der Waals surface area contributed by atoms with Crippen LogP contribution < -0.4 is 5.32 Å². The van der Waals surface area contributed by atoms with Gasteiger partial charge in [0.05, 0.1) is 0 Å². The predicted molar refractivity (Wildman–Crippen MR) is 67.6 cm³/mol. The molecule has 0 aromatic heterocycles. The van der Waals surface area contributed by atoms with Crippen LogP contribution in [-0.4, -0.2) is 19.0 Å². The van der Waals surface area contributed by atoms with Crippen molar-refractivity contribution in [3.8, 4) is 0 Å². The fraction of sp³-hybridized carbons (Fsp3) is 0.538. The molecule has 1 aromatic carbocycles. The fourth-order valence-electron chi connectivity index (χ4n) is 1.70. The summed E-state index contributed by atoms with van der Waals surface area (Å²) in [4.78, 5) is 0. The van der Waals surface area contributed by atoms with Crippen LogP contribution in [-0.2, 0) is 5.41 Å². The second kappa shape index (κ2) is 6.31. The van der Waals surface area contributed by atoms with Crippen LogP contribution in [0.5, 0.6) is 0 Å². The lowest BCUT2D eigenvalue weighted by Gasteiger charge is -2.26. The van der Waals surface area contributed by atoms with Crippen molar-refractivity contribution >= 4 is 11.6 Å². The molecular formula is C13H18ClF2N. The quantitative estimate of drug-likeness (QED) is 0.611. The average molecular weight is 262 g/mol. The maximum Gasteiger partial charge on any atom is 0.127 e. The molecule has 1 N–H and O–H groups in total. The minimum Gasteiger partial charge on any atom is -0.316 e. The van der Waals surface area contributed by atoms with E-state index in [0.29, 0.717) is 18.0 Å². The molecule has 0 aliphatic rings. The van der Waals surface area contributed by atoms with E-state index < -0.39 is 11.2 Å². The van der Waals surface area contributed by atoms with Crippen LogP contribution in [0.4, 0.5) is 8.78 Å². The molecule has 4 heteroatoms. The van der Waals surface area contributed by atoms with E-state index in [1.807, 2.05) is 13.8 Å². The Morgan fingerprint density at radius 2 is 2.00 bits per heavy atom. The van der Waals surface area contributed by atoms with Crippen molar-refractivity contribution in [3.63, 3.8) is 0 Å². The van der Waals surface area contributed by atoms with Crippen molar-refractivity contribution in [3.05, 3.63) is 35.4 Å². The molecule has 0 aliphatic carbocycles. The van der Waals surface area contributed by atoms with Gasteiger partial charge in [0.15, 0.2) is 0 Å². The Balaban J connectivity index is 2.71. The van der Waals surface area contributed by atoms with Crippen LogP contribution in [0.1, 0.15) is 25.8 Å². The van der Waals surface area contributed by atoms with Gasteiger partial charge in [0.1, 0.15) is 11.6 Å². The van der Waals surface area contributed by atoms with Gasteiger partial charge < -0.3 is 5.32 Å². The Kier molecular flexibility index (Phi) is 5.34. The molecule has 17 heavy (non-hydrogen) atoms. The van der Waals surface area contributed by atoms with Gasteiger partial charge in [-0.15, -0.1) is 11.6 Å². The molecule has 0 amide bonds. The molecular weight excluding hydrogens is 244 g/mol. The summed E-state index contributed by atoms with van der Waals surface area (Å²) in [7, 11) is 0. The van der Waals surface area contributed by atoms with Crippen LogP contribution in [0.25, 0.3) is 0 Å². The Morgan fingerprint density at radius 3 is 2.65 bits per heavy atom. The summed E-state index contributed by atoms with van der Waals surface area (Å²) in [6.45, 7) is 5.14. The molecule has 0 saturated carbocycles. The normalized spacial score (nSPS) is 11.8. The summed E-state index contributed by atoms with van der Waals surface area (Å²) in [5, 5.41) is 3.20. The number of alkyl halides is 1. The first-order valence-electron chi connectivity index (χ1n) is 5.69. The number of benzene rings is 1. The SMILES string of the molecule is CC(C)(CNCCCCl)c1cc(F)ccc1F. The van der Waals surface area contributed by atoms with Crippen molar-refractivity contribution in [2.24, 2.45) is 0 Å². The maximum absolute atomic E-state index is 13.6. The van der Waals surface area contributed by atoms with Crippen LogP contribution in [0, 0.1) is 11.6 Å². The van der Waals surface area contributed by atoms with Crippen LogP contribution in [0.2, 0.25) is 0 Å². The van der Waals surface area contributed by atoms with Gasteiger partial charge in [0.2, 0.25) is 0 Å². The molecule has 0 unspecified atom stereocenters. The van der Waals surface area contributed by atoms with Crippen molar-refractivity contribution in [1.82, 2.24) is 5.32 Å². The van der Waals surface area contributed by atoms with Crippen LogP contribution >= 0.6 is 11.6 Å². The van der Waals surface area contributed by atoms with E-state index in [1.54, 1.807) is 0 Å². The zero-order valence-corrected chi connectivity index (χ0v) is 11.0. The van der Waals surface area contributed by atoms with E-state index in [9.17, 15) is 8.78 Å². The minimum absolute atomic E-state index is 0.365. The van der Waals surface area contributed by atoms with Gasteiger partial charge >= 0.3 is 0 Å². The number of hydrogen-bond donors (Lipinski definition) is 1. The Morgan fingerprint density at radius 1 is 1.29 bits per heavy atom. The maximum atomic E-state index is 13.6. The lowest BCUT2D eigenvalue weighted by Crippen LogP contribution is -2.34.